The van der Waals surface area contributed by atoms with Gasteiger partial charge in [0.15, 0.2) is 0 Å². The first-order valence-corrected chi connectivity index (χ1v) is 13.0. The van der Waals surface area contributed by atoms with Crippen molar-refractivity contribution in [2.45, 2.75) is 11.8 Å². The van der Waals surface area contributed by atoms with Crippen molar-refractivity contribution in [3.8, 4) is 11.4 Å². The fourth-order valence-electron chi connectivity index (χ4n) is 3.37. The van der Waals surface area contributed by atoms with Gasteiger partial charge >= 0.3 is 0 Å². The van der Waals surface area contributed by atoms with Crippen LogP contribution in [0, 0.1) is 6.92 Å². The van der Waals surface area contributed by atoms with E-state index in [1.807, 2.05) is 0 Å². The molecule has 0 saturated heterocycles. The molecule has 9 nitrogen and oxygen atoms in total. The Morgan fingerprint density at radius 2 is 1.78 bits per heavy atom. The van der Waals surface area contributed by atoms with Gasteiger partial charge in [0, 0.05) is 10.6 Å². The monoisotopic (exact) mass is 557 g/mol. The van der Waals surface area contributed by atoms with Gasteiger partial charge in [-0.3, -0.25) is 9.52 Å². The van der Waals surface area contributed by atoms with Crippen LogP contribution in [0.25, 0.3) is 5.69 Å². The van der Waals surface area contributed by atoms with Crippen LogP contribution >= 0.6 is 23.2 Å². The maximum Gasteiger partial charge on any atom is 0.271 e. The minimum Gasteiger partial charge on any atom is -0.495 e. The number of carbonyl (C=O) groups excluding carboxylic acids is 1. The topological polar surface area (TPSA) is 115 Å². The number of nitrogens with one attached hydrogen (secondary N) is 2. The minimum atomic E-state index is -3.99. The first kappa shape index (κ1) is 26.2. The van der Waals surface area contributed by atoms with E-state index in [1.54, 1.807) is 55.5 Å². The molecule has 0 atom stereocenters. The number of hydrazone groups is 1. The molecule has 0 saturated carbocycles. The SMILES string of the molecule is COc1ccccc1NS(=O)(=O)c1cccc(C(=O)N/N=C/c2c(C)nn(-c3ccc(Cl)cc3)c2Cl)c1. The molecule has 4 aromatic rings. The van der Waals surface area contributed by atoms with Gasteiger partial charge in [-0.15, -0.1) is 0 Å². The number of amides is 1. The molecule has 0 aliphatic carbocycles. The molecule has 4 rings (SSSR count). The van der Waals surface area contributed by atoms with Gasteiger partial charge in [-0.1, -0.05) is 41.4 Å². The van der Waals surface area contributed by atoms with E-state index >= 15 is 0 Å². The molecule has 37 heavy (non-hydrogen) atoms. The number of para-hydroxylation sites is 2. The molecule has 0 spiro atoms. The first-order chi connectivity index (χ1) is 17.7. The molecule has 12 heteroatoms. The van der Waals surface area contributed by atoms with E-state index in [2.05, 4.69) is 20.3 Å². The van der Waals surface area contributed by atoms with E-state index in [4.69, 9.17) is 27.9 Å². The van der Waals surface area contributed by atoms with Crippen LogP contribution in [0.5, 0.6) is 5.75 Å². The van der Waals surface area contributed by atoms with E-state index in [0.717, 1.165) is 0 Å². The van der Waals surface area contributed by atoms with Crippen LogP contribution in [0.15, 0.2) is 82.8 Å². The van der Waals surface area contributed by atoms with Gasteiger partial charge in [0.25, 0.3) is 15.9 Å². The highest BCUT2D eigenvalue weighted by atomic mass is 35.5. The Morgan fingerprint density at radius 3 is 2.51 bits per heavy atom. The van der Waals surface area contributed by atoms with Crippen LogP contribution in [0.1, 0.15) is 21.6 Å². The molecule has 0 bridgehead atoms. The third kappa shape index (κ3) is 5.93. The number of hydrogen-bond acceptors (Lipinski definition) is 6. The summed E-state index contributed by atoms with van der Waals surface area (Å²) in [6.45, 7) is 1.75. The standard InChI is InChI=1S/C25H21Cl2N5O4S/c1-16-21(24(27)32(30-16)19-12-10-18(26)11-13-19)15-28-29-25(33)17-6-5-7-20(14-17)37(34,35)31-22-8-3-4-9-23(22)36-2/h3-15,31H,1-2H3,(H,29,33)/b28-15+. The van der Waals surface area contributed by atoms with Crippen LogP contribution in [0.3, 0.4) is 0 Å². The zero-order chi connectivity index (χ0) is 26.6. The number of carbonyl (C=O) groups is 1. The second-order valence-electron chi connectivity index (χ2n) is 7.71. The van der Waals surface area contributed by atoms with Crippen molar-refractivity contribution in [3.63, 3.8) is 0 Å². The maximum atomic E-state index is 12.9. The Labute approximate surface area is 223 Å². The van der Waals surface area contributed by atoms with Crippen molar-refractivity contribution in [2.75, 3.05) is 11.8 Å². The molecular weight excluding hydrogens is 537 g/mol. The number of methoxy groups -OCH3 is 1. The predicted octanol–water partition coefficient (Wildman–Crippen LogP) is 5.06. The summed E-state index contributed by atoms with van der Waals surface area (Å²) in [7, 11) is -2.55. The van der Waals surface area contributed by atoms with Gasteiger partial charge < -0.3 is 4.74 Å². The van der Waals surface area contributed by atoms with Gasteiger partial charge in [-0.05, 0) is 61.5 Å². The molecule has 0 radical (unpaired) electrons. The van der Waals surface area contributed by atoms with Crippen LogP contribution in [0.2, 0.25) is 10.2 Å². The third-order valence-corrected chi connectivity index (χ3v) is 7.22. The molecule has 0 fully saturated rings. The molecule has 1 heterocycles. The Hall–Kier alpha value is -3.86. The lowest BCUT2D eigenvalue weighted by atomic mass is 10.2. The number of aryl methyl sites for hydroxylation is 1. The maximum absolute atomic E-state index is 12.9. The van der Waals surface area contributed by atoms with E-state index in [-0.39, 0.29) is 16.1 Å². The summed E-state index contributed by atoms with van der Waals surface area (Å²) >= 11 is 12.4. The number of halogens is 2. The normalized spacial score (nSPS) is 11.5. The van der Waals surface area contributed by atoms with Gasteiger partial charge in [-0.2, -0.15) is 10.2 Å². The van der Waals surface area contributed by atoms with Crippen LogP contribution in [0.4, 0.5) is 5.69 Å². The van der Waals surface area contributed by atoms with Crippen molar-refractivity contribution >= 4 is 51.0 Å². The van der Waals surface area contributed by atoms with Gasteiger partial charge in [0.2, 0.25) is 0 Å². The molecule has 0 aliphatic heterocycles. The van der Waals surface area contributed by atoms with Gasteiger partial charge in [-0.25, -0.2) is 18.5 Å². The number of sulfonamides is 1. The zero-order valence-electron chi connectivity index (χ0n) is 19.6. The van der Waals surface area contributed by atoms with Crippen molar-refractivity contribution in [3.05, 3.63) is 99.8 Å². The number of benzene rings is 3. The summed E-state index contributed by atoms with van der Waals surface area (Å²) in [5.74, 6) is -0.243. The molecule has 0 unspecified atom stereocenters. The van der Waals surface area contributed by atoms with Crippen LogP contribution < -0.4 is 14.9 Å². The number of rotatable bonds is 8. The Kier molecular flexibility index (Phi) is 7.82. The van der Waals surface area contributed by atoms with Crippen LogP contribution in [-0.2, 0) is 10.0 Å². The summed E-state index contributed by atoms with van der Waals surface area (Å²) in [4.78, 5) is 12.6. The number of hydrogen-bond donors (Lipinski definition) is 2. The summed E-state index contributed by atoms with van der Waals surface area (Å²) < 4.78 is 35.0. The van der Waals surface area contributed by atoms with Crippen LogP contribution in [-0.4, -0.2) is 37.4 Å². The highest BCUT2D eigenvalue weighted by Crippen LogP contribution is 2.26. The lowest BCUT2D eigenvalue weighted by Gasteiger charge is -2.12. The fourth-order valence-corrected chi connectivity index (χ4v) is 4.93. The Balaban J connectivity index is 1.49. The Bertz CT molecular complexity index is 1590. The lowest BCUT2D eigenvalue weighted by molar-refractivity contribution is 0.0955. The fraction of sp³-hybridized carbons (Fsp3) is 0.0800. The molecule has 1 amide bonds. The van der Waals surface area contributed by atoms with Crippen molar-refractivity contribution < 1.29 is 17.9 Å². The molecule has 1 aromatic heterocycles. The molecule has 190 valence electrons. The van der Waals surface area contributed by atoms with Crippen molar-refractivity contribution in [1.82, 2.24) is 15.2 Å². The number of nitrogens with zero attached hydrogens (tertiary/aromatic N) is 3. The molecule has 3 aromatic carbocycles. The summed E-state index contributed by atoms with van der Waals surface area (Å²) in [6.07, 6.45) is 1.37. The number of anilines is 1. The van der Waals surface area contributed by atoms with E-state index in [9.17, 15) is 13.2 Å². The lowest BCUT2D eigenvalue weighted by Crippen LogP contribution is -2.19. The third-order valence-electron chi connectivity index (χ3n) is 5.24. The summed E-state index contributed by atoms with van der Waals surface area (Å²) in [5.41, 5.74) is 4.57. The number of aromatic nitrogens is 2. The average Bonchev–Trinajstić information content (AvgIpc) is 3.17. The minimum absolute atomic E-state index is 0.0970. The smallest absolute Gasteiger partial charge is 0.271 e. The zero-order valence-corrected chi connectivity index (χ0v) is 22.0. The average molecular weight is 558 g/mol. The Morgan fingerprint density at radius 1 is 1.05 bits per heavy atom. The number of ether oxygens (including phenoxy) is 1. The summed E-state index contributed by atoms with van der Waals surface area (Å²) in [5, 5.41) is 9.27. The van der Waals surface area contributed by atoms with Gasteiger partial charge in [0.05, 0.1) is 40.9 Å². The van der Waals surface area contributed by atoms with E-state index in [1.165, 1.54) is 42.3 Å². The van der Waals surface area contributed by atoms with E-state index < -0.39 is 15.9 Å². The predicted molar refractivity (Wildman–Crippen MR) is 144 cm³/mol. The largest absolute Gasteiger partial charge is 0.495 e. The second kappa shape index (κ2) is 11.0. The molecular formula is C25H21Cl2N5O4S. The van der Waals surface area contributed by atoms with Crippen molar-refractivity contribution in [1.29, 1.82) is 0 Å². The molecule has 0 aliphatic rings. The summed E-state index contributed by atoms with van der Waals surface area (Å²) in [6, 6.07) is 19.2. The van der Waals surface area contributed by atoms with E-state index in [0.29, 0.717) is 32.9 Å². The molecule has 2 N–H and O–H groups in total. The highest BCUT2D eigenvalue weighted by Gasteiger charge is 2.18. The quantitative estimate of drug-likeness (QED) is 0.232. The highest BCUT2D eigenvalue weighted by molar-refractivity contribution is 7.92. The second-order valence-corrected chi connectivity index (χ2v) is 10.2. The van der Waals surface area contributed by atoms with Gasteiger partial charge in [0.1, 0.15) is 10.9 Å². The first-order valence-electron chi connectivity index (χ1n) is 10.8. The van der Waals surface area contributed by atoms with Crippen molar-refractivity contribution in [2.24, 2.45) is 5.10 Å².